The number of carbonyl (C=O) groups excluding carboxylic acids is 1. The first-order valence-corrected chi connectivity index (χ1v) is 5.90. The van der Waals surface area contributed by atoms with E-state index in [1.807, 2.05) is 20.8 Å². The minimum Gasteiger partial charge on any atom is -0.444 e. The van der Waals surface area contributed by atoms with Gasteiger partial charge in [-0.05, 0) is 20.8 Å². The molecule has 1 fully saturated rings. The fourth-order valence-corrected chi connectivity index (χ4v) is 1.85. The Morgan fingerprint density at radius 3 is 1.94 bits per heavy atom. The molecule has 1 aliphatic rings. The van der Waals surface area contributed by atoms with Crippen LogP contribution in [0.1, 0.15) is 33.6 Å². The highest BCUT2D eigenvalue weighted by atomic mass is 16.7. The molecule has 17 heavy (non-hydrogen) atoms. The second kappa shape index (κ2) is 5.23. The molecule has 0 unspecified atom stereocenters. The molecule has 0 N–H and O–H groups in total. The molecule has 0 aliphatic carbocycles. The van der Waals surface area contributed by atoms with Crippen molar-refractivity contribution in [3.8, 4) is 0 Å². The molecular formula is C12H23NO4. The highest BCUT2D eigenvalue weighted by Gasteiger charge is 2.37. The van der Waals surface area contributed by atoms with E-state index >= 15 is 0 Å². The Labute approximate surface area is 103 Å². The fourth-order valence-electron chi connectivity index (χ4n) is 1.85. The third kappa shape index (κ3) is 3.85. The summed E-state index contributed by atoms with van der Waals surface area (Å²) in [5.74, 6) is -0.543. The summed E-state index contributed by atoms with van der Waals surface area (Å²) in [6, 6.07) is 0. The number of methoxy groups -OCH3 is 2. The Morgan fingerprint density at radius 2 is 1.59 bits per heavy atom. The molecule has 1 rings (SSSR count). The van der Waals surface area contributed by atoms with E-state index in [0.717, 1.165) is 0 Å². The zero-order valence-electron chi connectivity index (χ0n) is 11.4. The summed E-state index contributed by atoms with van der Waals surface area (Å²) >= 11 is 0. The molecule has 1 aliphatic heterocycles. The molecule has 1 heterocycles. The first-order chi connectivity index (χ1) is 7.82. The molecule has 0 aromatic carbocycles. The van der Waals surface area contributed by atoms with Gasteiger partial charge < -0.3 is 19.1 Å². The van der Waals surface area contributed by atoms with Gasteiger partial charge >= 0.3 is 6.09 Å². The molecule has 100 valence electrons. The predicted molar refractivity (Wildman–Crippen MR) is 63.8 cm³/mol. The van der Waals surface area contributed by atoms with Crippen LogP contribution in [0.15, 0.2) is 0 Å². The average Bonchev–Trinajstić information content (AvgIpc) is 2.27. The van der Waals surface area contributed by atoms with Crippen LogP contribution in [-0.2, 0) is 14.2 Å². The summed E-state index contributed by atoms with van der Waals surface area (Å²) in [5.41, 5.74) is -0.450. The average molecular weight is 245 g/mol. The quantitative estimate of drug-likeness (QED) is 0.698. The van der Waals surface area contributed by atoms with E-state index in [4.69, 9.17) is 14.2 Å². The number of amides is 1. The first kappa shape index (κ1) is 14.3. The molecular weight excluding hydrogens is 222 g/mol. The van der Waals surface area contributed by atoms with Crippen molar-refractivity contribution in [2.75, 3.05) is 27.3 Å². The molecule has 0 atom stereocenters. The van der Waals surface area contributed by atoms with Crippen LogP contribution >= 0.6 is 0 Å². The van der Waals surface area contributed by atoms with Crippen LogP contribution in [0.25, 0.3) is 0 Å². The van der Waals surface area contributed by atoms with Crippen molar-refractivity contribution in [2.45, 2.75) is 45.0 Å². The third-order valence-corrected chi connectivity index (χ3v) is 2.92. The van der Waals surface area contributed by atoms with Crippen molar-refractivity contribution in [1.29, 1.82) is 0 Å². The van der Waals surface area contributed by atoms with Crippen LogP contribution in [0.4, 0.5) is 4.79 Å². The first-order valence-electron chi connectivity index (χ1n) is 5.90. The van der Waals surface area contributed by atoms with E-state index in [1.165, 1.54) is 0 Å². The number of likely N-dealkylation sites (tertiary alicyclic amines) is 1. The number of ether oxygens (including phenoxy) is 3. The monoisotopic (exact) mass is 245 g/mol. The Balaban J connectivity index is 2.49. The summed E-state index contributed by atoms with van der Waals surface area (Å²) in [6.07, 6.45) is 1.07. The van der Waals surface area contributed by atoms with Gasteiger partial charge in [0.05, 0.1) is 0 Å². The lowest BCUT2D eigenvalue weighted by molar-refractivity contribution is -0.227. The zero-order valence-corrected chi connectivity index (χ0v) is 11.4. The summed E-state index contributed by atoms with van der Waals surface area (Å²) in [6.45, 7) is 6.78. The molecule has 0 bridgehead atoms. The Hall–Kier alpha value is -0.810. The third-order valence-electron chi connectivity index (χ3n) is 2.92. The van der Waals surface area contributed by atoms with Crippen LogP contribution in [-0.4, -0.2) is 49.7 Å². The molecule has 0 spiro atoms. The number of rotatable bonds is 2. The van der Waals surface area contributed by atoms with Gasteiger partial charge in [-0.25, -0.2) is 4.79 Å². The van der Waals surface area contributed by atoms with Gasteiger partial charge in [-0.3, -0.25) is 0 Å². The predicted octanol–water partition coefficient (Wildman–Crippen LogP) is 2.01. The van der Waals surface area contributed by atoms with E-state index < -0.39 is 11.4 Å². The van der Waals surface area contributed by atoms with Crippen molar-refractivity contribution in [3.05, 3.63) is 0 Å². The largest absolute Gasteiger partial charge is 0.444 e. The molecule has 0 aromatic heterocycles. The van der Waals surface area contributed by atoms with Crippen molar-refractivity contribution in [3.63, 3.8) is 0 Å². The second-order valence-electron chi connectivity index (χ2n) is 5.29. The summed E-state index contributed by atoms with van der Waals surface area (Å²) < 4.78 is 16.0. The van der Waals surface area contributed by atoms with E-state index in [9.17, 15) is 4.79 Å². The molecule has 0 saturated carbocycles. The van der Waals surface area contributed by atoms with Gasteiger partial charge in [-0.2, -0.15) is 0 Å². The van der Waals surface area contributed by atoms with Crippen molar-refractivity contribution in [1.82, 2.24) is 4.90 Å². The lowest BCUT2D eigenvalue weighted by Crippen LogP contribution is -2.49. The SMILES string of the molecule is COC1(OC)CCN(C(=O)OC(C)(C)C)CC1. The molecule has 1 saturated heterocycles. The second-order valence-corrected chi connectivity index (χ2v) is 5.29. The van der Waals surface area contributed by atoms with Crippen molar-refractivity contribution >= 4 is 6.09 Å². The Morgan fingerprint density at radius 1 is 1.12 bits per heavy atom. The van der Waals surface area contributed by atoms with Crippen LogP contribution in [0.2, 0.25) is 0 Å². The van der Waals surface area contributed by atoms with Crippen LogP contribution < -0.4 is 0 Å². The van der Waals surface area contributed by atoms with E-state index in [0.29, 0.717) is 25.9 Å². The van der Waals surface area contributed by atoms with Crippen molar-refractivity contribution < 1.29 is 19.0 Å². The van der Waals surface area contributed by atoms with E-state index in [-0.39, 0.29) is 6.09 Å². The molecule has 0 aromatic rings. The summed E-state index contributed by atoms with van der Waals surface area (Å²) in [7, 11) is 3.26. The topological polar surface area (TPSA) is 48.0 Å². The number of hydrogen-bond acceptors (Lipinski definition) is 4. The van der Waals surface area contributed by atoms with Gasteiger partial charge in [0.25, 0.3) is 0 Å². The lowest BCUT2D eigenvalue weighted by Gasteiger charge is -2.39. The van der Waals surface area contributed by atoms with Crippen molar-refractivity contribution in [2.24, 2.45) is 0 Å². The van der Waals surface area contributed by atoms with E-state index in [2.05, 4.69) is 0 Å². The van der Waals surface area contributed by atoms with E-state index in [1.54, 1.807) is 19.1 Å². The summed E-state index contributed by atoms with van der Waals surface area (Å²) in [4.78, 5) is 13.5. The molecule has 5 nitrogen and oxygen atoms in total. The smallest absolute Gasteiger partial charge is 0.410 e. The Bertz CT molecular complexity index is 258. The molecule has 5 heteroatoms. The van der Waals surface area contributed by atoms with Gasteiger partial charge in [-0.15, -0.1) is 0 Å². The van der Waals surface area contributed by atoms with Crippen LogP contribution in [0.3, 0.4) is 0 Å². The lowest BCUT2D eigenvalue weighted by atomic mass is 10.0. The maximum atomic E-state index is 11.8. The van der Waals surface area contributed by atoms with Crippen LogP contribution in [0.5, 0.6) is 0 Å². The van der Waals surface area contributed by atoms with Gasteiger partial charge in [0.1, 0.15) is 5.60 Å². The fraction of sp³-hybridized carbons (Fsp3) is 0.917. The number of carbonyl (C=O) groups is 1. The van der Waals surface area contributed by atoms with Gasteiger partial charge in [0.15, 0.2) is 5.79 Å². The maximum absolute atomic E-state index is 11.8. The summed E-state index contributed by atoms with van der Waals surface area (Å²) in [5, 5.41) is 0. The maximum Gasteiger partial charge on any atom is 0.410 e. The highest BCUT2D eigenvalue weighted by Crippen LogP contribution is 2.27. The standard InChI is InChI=1S/C12H23NO4/c1-11(2,3)17-10(14)13-8-6-12(15-4,16-5)7-9-13/h6-9H2,1-5H3. The van der Waals surface area contributed by atoms with Crippen LogP contribution in [0, 0.1) is 0 Å². The van der Waals surface area contributed by atoms with Gasteiger partial charge in [0, 0.05) is 40.2 Å². The minimum atomic E-state index is -0.543. The zero-order chi connectivity index (χ0) is 13.1. The number of piperidine rings is 1. The highest BCUT2D eigenvalue weighted by molar-refractivity contribution is 5.68. The minimum absolute atomic E-state index is 0.265. The number of nitrogens with zero attached hydrogens (tertiary/aromatic N) is 1. The van der Waals surface area contributed by atoms with Gasteiger partial charge in [-0.1, -0.05) is 0 Å². The molecule has 0 radical (unpaired) electrons. The molecule has 1 amide bonds. The Kier molecular flexibility index (Phi) is 4.38. The number of hydrogen-bond donors (Lipinski definition) is 0. The van der Waals surface area contributed by atoms with Gasteiger partial charge in [0.2, 0.25) is 0 Å². The normalized spacial score (nSPS) is 20.2.